The Hall–Kier alpha value is -1.74. The molecule has 0 spiro atoms. The van der Waals surface area contributed by atoms with Crippen molar-refractivity contribution in [2.24, 2.45) is 0 Å². The summed E-state index contributed by atoms with van der Waals surface area (Å²) < 4.78 is 53.3. The van der Waals surface area contributed by atoms with E-state index in [9.17, 15) is 17.2 Å². The van der Waals surface area contributed by atoms with Crippen molar-refractivity contribution in [2.45, 2.75) is 4.90 Å². The van der Waals surface area contributed by atoms with Crippen LogP contribution in [0, 0.1) is 11.6 Å². The van der Waals surface area contributed by atoms with Gasteiger partial charge in [0.15, 0.2) is 17.5 Å². The van der Waals surface area contributed by atoms with Gasteiger partial charge < -0.3 is 5.73 Å². The number of nitrogens with zero attached hydrogens (tertiary/aromatic N) is 1. The van der Waals surface area contributed by atoms with Crippen LogP contribution in [0.4, 0.5) is 20.3 Å². The second kappa shape index (κ2) is 5.33. The van der Waals surface area contributed by atoms with Crippen LogP contribution in [-0.4, -0.2) is 13.4 Å². The standard InChI is InChI=1S/C11H8BrF2N3O2S/c12-7-2-1-3-16-11(7)17-20(18,19)9-5-6(15)4-8(13)10(9)14/h1-5H,15H2,(H,16,17). The summed E-state index contributed by atoms with van der Waals surface area (Å²) in [4.78, 5) is 2.90. The van der Waals surface area contributed by atoms with E-state index in [1.165, 1.54) is 6.20 Å². The van der Waals surface area contributed by atoms with Crippen LogP contribution in [0.3, 0.4) is 0 Å². The van der Waals surface area contributed by atoms with E-state index in [-0.39, 0.29) is 11.5 Å². The number of sulfonamides is 1. The predicted molar refractivity (Wildman–Crippen MR) is 73.5 cm³/mol. The number of nitrogen functional groups attached to an aromatic ring is 1. The largest absolute Gasteiger partial charge is 0.399 e. The van der Waals surface area contributed by atoms with Crippen LogP contribution in [-0.2, 0) is 10.0 Å². The second-order valence-electron chi connectivity index (χ2n) is 3.75. The van der Waals surface area contributed by atoms with Crippen LogP contribution in [0.5, 0.6) is 0 Å². The highest BCUT2D eigenvalue weighted by atomic mass is 79.9. The van der Waals surface area contributed by atoms with E-state index in [0.717, 1.165) is 6.07 Å². The Balaban J connectivity index is 2.49. The Kier molecular flexibility index (Phi) is 3.91. The molecule has 0 aliphatic carbocycles. The van der Waals surface area contributed by atoms with Gasteiger partial charge >= 0.3 is 0 Å². The van der Waals surface area contributed by atoms with Gasteiger partial charge in [-0.25, -0.2) is 22.2 Å². The van der Waals surface area contributed by atoms with Crippen LogP contribution in [0.2, 0.25) is 0 Å². The average Bonchev–Trinajstić information content (AvgIpc) is 2.36. The smallest absolute Gasteiger partial charge is 0.266 e. The molecule has 9 heteroatoms. The number of hydrogen-bond donors (Lipinski definition) is 2. The molecule has 0 aliphatic rings. The van der Waals surface area contributed by atoms with Gasteiger partial charge in [0.1, 0.15) is 4.90 Å². The summed E-state index contributed by atoms with van der Waals surface area (Å²) in [5.74, 6) is -2.89. The maximum atomic E-state index is 13.6. The minimum Gasteiger partial charge on any atom is -0.399 e. The van der Waals surface area contributed by atoms with Gasteiger partial charge in [-0.1, -0.05) is 0 Å². The van der Waals surface area contributed by atoms with Crippen molar-refractivity contribution in [1.82, 2.24) is 4.98 Å². The Bertz CT molecular complexity index is 768. The molecule has 0 bridgehead atoms. The van der Waals surface area contributed by atoms with E-state index in [2.05, 4.69) is 25.6 Å². The molecule has 3 N–H and O–H groups in total. The molecule has 0 fully saturated rings. The van der Waals surface area contributed by atoms with Gasteiger partial charge in [-0.05, 0) is 40.2 Å². The van der Waals surface area contributed by atoms with Crippen LogP contribution in [0.15, 0.2) is 39.8 Å². The van der Waals surface area contributed by atoms with Gasteiger partial charge in [0, 0.05) is 11.9 Å². The third-order valence-electron chi connectivity index (χ3n) is 2.30. The van der Waals surface area contributed by atoms with E-state index in [1.54, 1.807) is 12.1 Å². The summed E-state index contributed by atoms with van der Waals surface area (Å²) in [7, 11) is -4.35. The first-order valence-corrected chi connectivity index (χ1v) is 7.47. The maximum Gasteiger partial charge on any atom is 0.266 e. The second-order valence-corrected chi connectivity index (χ2v) is 6.26. The molecule has 0 aliphatic heterocycles. The van der Waals surface area contributed by atoms with Gasteiger partial charge in [0.2, 0.25) is 0 Å². The van der Waals surface area contributed by atoms with Crippen LogP contribution in [0.1, 0.15) is 0 Å². The number of rotatable bonds is 3. The molecule has 2 rings (SSSR count). The Morgan fingerprint density at radius 2 is 2.00 bits per heavy atom. The summed E-state index contributed by atoms with van der Waals surface area (Å²) in [6.45, 7) is 0. The van der Waals surface area contributed by atoms with E-state index in [0.29, 0.717) is 10.5 Å². The fourth-order valence-corrected chi connectivity index (χ4v) is 3.06. The van der Waals surface area contributed by atoms with Gasteiger partial charge in [-0.3, -0.25) is 4.72 Å². The molecule has 0 unspecified atom stereocenters. The first kappa shape index (κ1) is 14.7. The summed E-state index contributed by atoms with van der Waals surface area (Å²) >= 11 is 3.09. The van der Waals surface area contributed by atoms with Crippen molar-refractivity contribution in [1.29, 1.82) is 0 Å². The number of pyridine rings is 1. The van der Waals surface area contributed by atoms with E-state index in [4.69, 9.17) is 5.73 Å². The third kappa shape index (κ3) is 2.88. The molecule has 20 heavy (non-hydrogen) atoms. The number of hydrogen-bond acceptors (Lipinski definition) is 4. The first-order valence-electron chi connectivity index (χ1n) is 5.19. The number of halogens is 3. The number of benzene rings is 1. The Labute approximate surface area is 122 Å². The molecule has 1 heterocycles. The van der Waals surface area contributed by atoms with Crippen molar-refractivity contribution in [3.05, 3.63) is 46.6 Å². The number of aromatic nitrogens is 1. The fourth-order valence-electron chi connectivity index (χ4n) is 1.42. The molecule has 2 aromatic rings. The summed E-state index contributed by atoms with van der Waals surface area (Å²) in [6, 6.07) is 4.65. The SMILES string of the molecule is Nc1cc(F)c(F)c(S(=O)(=O)Nc2ncccc2Br)c1. The molecule has 0 atom stereocenters. The van der Waals surface area contributed by atoms with Gasteiger partial charge in [0.25, 0.3) is 10.0 Å². The van der Waals surface area contributed by atoms with Crippen LogP contribution < -0.4 is 10.5 Å². The number of nitrogens with two attached hydrogens (primary N) is 1. The molecule has 0 radical (unpaired) electrons. The average molecular weight is 364 g/mol. The van der Waals surface area contributed by atoms with Crippen molar-refractivity contribution in [2.75, 3.05) is 10.5 Å². The van der Waals surface area contributed by atoms with Crippen LogP contribution in [0.25, 0.3) is 0 Å². The number of nitrogens with one attached hydrogen (secondary N) is 1. The van der Waals surface area contributed by atoms with E-state index in [1.807, 2.05) is 0 Å². The zero-order valence-electron chi connectivity index (χ0n) is 9.77. The molecule has 0 saturated heterocycles. The van der Waals surface area contributed by atoms with Gasteiger partial charge in [-0.2, -0.15) is 0 Å². The van der Waals surface area contributed by atoms with E-state index < -0.39 is 26.6 Å². The number of anilines is 2. The Morgan fingerprint density at radius 3 is 2.65 bits per heavy atom. The zero-order valence-corrected chi connectivity index (χ0v) is 12.2. The molecule has 0 saturated carbocycles. The molecular weight excluding hydrogens is 356 g/mol. The van der Waals surface area contributed by atoms with Crippen molar-refractivity contribution >= 4 is 37.5 Å². The molecule has 1 aromatic heterocycles. The minimum absolute atomic E-state index is 0.0465. The highest BCUT2D eigenvalue weighted by Crippen LogP contribution is 2.25. The van der Waals surface area contributed by atoms with Crippen molar-refractivity contribution in [3.8, 4) is 0 Å². The Morgan fingerprint density at radius 1 is 1.30 bits per heavy atom. The van der Waals surface area contributed by atoms with Gasteiger partial charge in [0.05, 0.1) is 4.47 Å². The minimum atomic E-state index is -4.35. The summed E-state index contributed by atoms with van der Waals surface area (Å²) in [5.41, 5.74) is 5.12. The highest BCUT2D eigenvalue weighted by molar-refractivity contribution is 9.10. The lowest BCUT2D eigenvalue weighted by Crippen LogP contribution is -2.17. The molecular formula is C11H8BrF2N3O2S. The zero-order chi connectivity index (χ0) is 14.9. The maximum absolute atomic E-state index is 13.6. The lowest BCUT2D eigenvalue weighted by molar-refractivity contribution is 0.486. The summed E-state index contributed by atoms with van der Waals surface area (Å²) in [6.07, 6.45) is 1.35. The molecule has 1 aromatic carbocycles. The normalized spacial score (nSPS) is 11.3. The lowest BCUT2D eigenvalue weighted by Gasteiger charge is -2.10. The topological polar surface area (TPSA) is 85.1 Å². The van der Waals surface area contributed by atoms with Crippen LogP contribution >= 0.6 is 15.9 Å². The first-order chi connectivity index (χ1) is 9.31. The van der Waals surface area contributed by atoms with Gasteiger partial charge in [-0.15, -0.1) is 0 Å². The van der Waals surface area contributed by atoms with Crippen molar-refractivity contribution in [3.63, 3.8) is 0 Å². The van der Waals surface area contributed by atoms with Crippen molar-refractivity contribution < 1.29 is 17.2 Å². The third-order valence-corrected chi connectivity index (χ3v) is 4.27. The fraction of sp³-hybridized carbons (Fsp3) is 0. The predicted octanol–water partition coefficient (Wildman–Crippen LogP) is 2.51. The molecule has 0 amide bonds. The quantitative estimate of drug-likeness (QED) is 0.820. The lowest BCUT2D eigenvalue weighted by atomic mass is 10.3. The highest BCUT2D eigenvalue weighted by Gasteiger charge is 2.23. The summed E-state index contributed by atoms with van der Waals surface area (Å²) in [5, 5.41) is 0. The monoisotopic (exact) mass is 363 g/mol. The molecule has 5 nitrogen and oxygen atoms in total. The van der Waals surface area contributed by atoms with E-state index >= 15 is 0 Å². The molecule has 106 valence electrons.